The fourth-order valence-corrected chi connectivity index (χ4v) is 4.86. The molecule has 0 fully saturated rings. The van der Waals surface area contributed by atoms with E-state index in [9.17, 15) is 22.4 Å². The second-order valence-electron chi connectivity index (χ2n) is 7.66. The minimum absolute atomic E-state index is 0.0138. The molecule has 2 aromatic heterocycles. The summed E-state index contributed by atoms with van der Waals surface area (Å²) >= 11 is 1.57. The molecule has 0 unspecified atom stereocenters. The number of alkyl halides is 3. The van der Waals surface area contributed by atoms with E-state index in [0.717, 1.165) is 33.5 Å². The first-order valence-corrected chi connectivity index (χ1v) is 10.9. The van der Waals surface area contributed by atoms with Gasteiger partial charge >= 0.3 is 6.18 Å². The number of amides is 1. The van der Waals surface area contributed by atoms with Gasteiger partial charge in [0.2, 0.25) is 5.91 Å². The molecule has 2 N–H and O–H groups in total. The molecule has 2 heterocycles. The number of carbonyl (C=O) groups is 1. The Morgan fingerprint density at radius 2 is 1.79 bits per heavy atom. The van der Waals surface area contributed by atoms with E-state index < -0.39 is 23.5 Å². The van der Waals surface area contributed by atoms with Crippen LogP contribution in [0.5, 0.6) is 0 Å². The van der Waals surface area contributed by atoms with Crippen molar-refractivity contribution in [2.75, 3.05) is 0 Å². The average molecular weight is 468 g/mol. The van der Waals surface area contributed by atoms with Gasteiger partial charge in [0.15, 0.2) is 0 Å². The average Bonchev–Trinajstić information content (AvgIpc) is 3.41. The van der Waals surface area contributed by atoms with Gasteiger partial charge in [0.25, 0.3) is 0 Å². The molecular formula is C25H16F4N2OS. The molecule has 0 radical (unpaired) electrons. The van der Waals surface area contributed by atoms with Crippen molar-refractivity contribution < 1.29 is 22.4 Å². The van der Waals surface area contributed by atoms with E-state index >= 15 is 0 Å². The van der Waals surface area contributed by atoms with Gasteiger partial charge in [-0.05, 0) is 47.3 Å². The minimum Gasteiger partial charge on any atom is -0.366 e. The van der Waals surface area contributed by atoms with Gasteiger partial charge < -0.3 is 10.3 Å². The highest BCUT2D eigenvalue weighted by atomic mass is 32.1. The van der Waals surface area contributed by atoms with E-state index in [2.05, 4.69) is 0 Å². The zero-order chi connectivity index (χ0) is 23.3. The first-order valence-electron chi connectivity index (χ1n) is 9.98. The molecule has 33 heavy (non-hydrogen) atoms. The SMILES string of the molecule is NC(=O)c1cccc2c1c1ccc(-c3cccs3)cc1n2Cc1ccc(C(F)(F)F)cc1F. The van der Waals surface area contributed by atoms with Gasteiger partial charge in [0.1, 0.15) is 5.82 Å². The molecule has 3 nitrogen and oxygen atoms in total. The highest BCUT2D eigenvalue weighted by molar-refractivity contribution is 7.13. The molecule has 0 bridgehead atoms. The van der Waals surface area contributed by atoms with Gasteiger partial charge in [0.05, 0.1) is 23.1 Å². The van der Waals surface area contributed by atoms with Crippen LogP contribution in [0.3, 0.4) is 0 Å². The number of nitrogens with zero attached hydrogens (tertiary/aromatic N) is 1. The lowest BCUT2D eigenvalue weighted by molar-refractivity contribution is -0.137. The van der Waals surface area contributed by atoms with Gasteiger partial charge in [0, 0.05) is 26.8 Å². The summed E-state index contributed by atoms with van der Waals surface area (Å²) in [4.78, 5) is 13.1. The molecule has 5 rings (SSSR count). The molecule has 5 aromatic rings. The zero-order valence-corrected chi connectivity index (χ0v) is 17.8. The van der Waals surface area contributed by atoms with E-state index in [1.165, 1.54) is 0 Å². The van der Waals surface area contributed by atoms with E-state index in [4.69, 9.17) is 5.73 Å². The van der Waals surface area contributed by atoms with Crippen LogP contribution >= 0.6 is 11.3 Å². The lowest BCUT2D eigenvalue weighted by atomic mass is 10.0. The van der Waals surface area contributed by atoms with Crippen molar-refractivity contribution in [2.45, 2.75) is 12.7 Å². The van der Waals surface area contributed by atoms with Crippen molar-refractivity contribution in [3.8, 4) is 10.4 Å². The van der Waals surface area contributed by atoms with Gasteiger partial charge in [-0.15, -0.1) is 11.3 Å². The number of hydrogen-bond acceptors (Lipinski definition) is 2. The topological polar surface area (TPSA) is 48.0 Å². The van der Waals surface area contributed by atoms with Gasteiger partial charge in [-0.3, -0.25) is 4.79 Å². The normalized spacial score (nSPS) is 12.0. The number of rotatable bonds is 4. The number of hydrogen-bond donors (Lipinski definition) is 1. The van der Waals surface area contributed by atoms with E-state index in [-0.39, 0.29) is 12.1 Å². The standard InChI is InChI=1S/C25H16F4N2OS/c26-19-12-16(25(27,28)29)8-6-15(19)13-31-20-4-1-3-18(24(30)32)23(20)17-9-7-14(11-21(17)31)22-5-2-10-33-22/h1-12H,13H2,(H2,30,32). The smallest absolute Gasteiger partial charge is 0.366 e. The maximum atomic E-state index is 14.7. The molecule has 0 aliphatic rings. The largest absolute Gasteiger partial charge is 0.416 e. The monoisotopic (exact) mass is 468 g/mol. The van der Waals surface area contributed by atoms with Crippen LogP contribution in [-0.2, 0) is 12.7 Å². The van der Waals surface area contributed by atoms with Gasteiger partial charge in [-0.25, -0.2) is 4.39 Å². The van der Waals surface area contributed by atoms with E-state index in [0.29, 0.717) is 22.5 Å². The Balaban J connectivity index is 1.75. The number of halogens is 4. The van der Waals surface area contributed by atoms with Crippen LogP contribution in [-0.4, -0.2) is 10.5 Å². The van der Waals surface area contributed by atoms with Crippen molar-refractivity contribution in [2.24, 2.45) is 5.73 Å². The van der Waals surface area contributed by atoms with Crippen molar-refractivity contribution >= 4 is 39.0 Å². The molecule has 1 amide bonds. The highest BCUT2D eigenvalue weighted by Crippen LogP contribution is 2.36. The summed E-state index contributed by atoms with van der Waals surface area (Å²) < 4.78 is 55.4. The van der Waals surface area contributed by atoms with Gasteiger partial charge in [-0.1, -0.05) is 30.3 Å². The summed E-state index contributed by atoms with van der Waals surface area (Å²) in [5, 5.41) is 3.34. The van der Waals surface area contributed by atoms with Crippen molar-refractivity contribution in [3.63, 3.8) is 0 Å². The lowest BCUT2D eigenvalue weighted by Crippen LogP contribution is -2.11. The summed E-state index contributed by atoms with van der Waals surface area (Å²) in [6.45, 7) is -0.0138. The Morgan fingerprint density at radius 3 is 2.45 bits per heavy atom. The predicted octanol–water partition coefficient (Wildman–Crippen LogP) is 6.83. The third kappa shape index (κ3) is 3.66. The third-order valence-corrected chi connectivity index (χ3v) is 6.59. The van der Waals surface area contributed by atoms with Crippen molar-refractivity contribution in [1.29, 1.82) is 0 Å². The predicted molar refractivity (Wildman–Crippen MR) is 122 cm³/mol. The van der Waals surface area contributed by atoms with Crippen molar-refractivity contribution in [3.05, 3.63) is 94.6 Å². The molecule has 0 saturated carbocycles. The maximum absolute atomic E-state index is 14.7. The molecule has 8 heteroatoms. The number of thiophene rings is 1. The third-order valence-electron chi connectivity index (χ3n) is 5.67. The Hall–Kier alpha value is -3.65. The number of nitrogens with two attached hydrogens (primary N) is 1. The van der Waals surface area contributed by atoms with Crippen LogP contribution < -0.4 is 5.73 Å². The molecule has 0 saturated heterocycles. The number of benzene rings is 3. The maximum Gasteiger partial charge on any atom is 0.416 e. The number of primary amides is 1. The summed E-state index contributed by atoms with van der Waals surface area (Å²) in [6, 6.07) is 17.3. The molecule has 0 spiro atoms. The van der Waals surface area contributed by atoms with Crippen LogP contribution in [0.25, 0.3) is 32.2 Å². The molecule has 0 atom stereocenters. The fraction of sp³-hybridized carbons (Fsp3) is 0.0800. The van der Waals surface area contributed by atoms with Crippen LogP contribution in [0.4, 0.5) is 17.6 Å². The van der Waals surface area contributed by atoms with Crippen LogP contribution in [0.2, 0.25) is 0 Å². The second kappa shape index (κ2) is 7.74. The van der Waals surface area contributed by atoms with Crippen LogP contribution in [0.1, 0.15) is 21.5 Å². The Morgan fingerprint density at radius 1 is 0.970 bits per heavy atom. The second-order valence-corrected chi connectivity index (χ2v) is 8.61. The fourth-order valence-electron chi connectivity index (χ4n) is 4.14. The number of fused-ring (bicyclic) bond motifs is 3. The summed E-state index contributed by atoms with van der Waals surface area (Å²) in [6.07, 6.45) is -4.63. The summed E-state index contributed by atoms with van der Waals surface area (Å²) in [7, 11) is 0. The van der Waals surface area contributed by atoms with Crippen LogP contribution in [0, 0.1) is 5.82 Å². The summed E-state index contributed by atoms with van der Waals surface area (Å²) in [5.74, 6) is -1.54. The van der Waals surface area contributed by atoms with E-state index in [1.807, 2.05) is 35.7 Å². The Labute approximate surface area is 189 Å². The number of carbonyl (C=O) groups excluding carboxylic acids is 1. The van der Waals surface area contributed by atoms with Crippen molar-refractivity contribution in [1.82, 2.24) is 4.57 Å². The lowest BCUT2D eigenvalue weighted by Gasteiger charge is -2.12. The van der Waals surface area contributed by atoms with E-state index in [1.54, 1.807) is 34.1 Å². The first-order chi connectivity index (χ1) is 15.7. The molecule has 166 valence electrons. The summed E-state index contributed by atoms with van der Waals surface area (Å²) in [5.41, 5.74) is 7.31. The first kappa shape index (κ1) is 21.2. The molecule has 0 aliphatic carbocycles. The molecular weight excluding hydrogens is 452 g/mol. The highest BCUT2D eigenvalue weighted by Gasteiger charge is 2.31. The number of aromatic nitrogens is 1. The van der Waals surface area contributed by atoms with Gasteiger partial charge in [-0.2, -0.15) is 13.2 Å². The molecule has 3 aromatic carbocycles. The van der Waals surface area contributed by atoms with Crippen LogP contribution in [0.15, 0.2) is 72.1 Å². The Bertz CT molecular complexity index is 1520. The minimum atomic E-state index is -4.63. The molecule has 0 aliphatic heterocycles. The Kier molecular flexibility index (Phi) is 4.97. The zero-order valence-electron chi connectivity index (χ0n) is 17.0. The quantitative estimate of drug-likeness (QED) is 0.289.